The molecule has 3 aromatic carbocycles. The third kappa shape index (κ3) is 5.19. The Morgan fingerprint density at radius 1 is 0.912 bits per heavy atom. The summed E-state index contributed by atoms with van der Waals surface area (Å²) in [6.07, 6.45) is 0. The van der Waals surface area contributed by atoms with E-state index in [0.717, 1.165) is 5.69 Å². The summed E-state index contributed by atoms with van der Waals surface area (Å²) < 4.78 is 39.0. The Morgan fingerprint density at radius 2 is 1.56 bits per heavy atom. The Morgan fingerprint density at radius 3 is 2.24 bits per heavy atom. The third-order valence-corrected chi connectivity index (χ3v) is 7.73. The molecule has 1 heterocycles. The molecule has 178 valence electrons. The molecule has 1 saturated heterocycles. The van der Waals surface area contributed by atoms with Gasteiger partial charge in [-0.15, -0.1) is 0 Å². The summed E-state index contributed by atoms with van der Waals surface area (Å²) in [5, 5.41) is 0.103. The fraction of sp³-hybridized carbons (Fsp3) is 0.240. The maximum Gasteiger partial charge on any atom is 0.345 e. The molecule has 0 atom stereocenters. The minimum absolute atomic E-state index is 0.00453. The molecule has 3 aromatic rings. The van der Waals surface area contributed by atoms with Crippen LogP contribution < -0.4 is 14.4 Å². The molecule has 0 aromatic heterocycles. The van der Waals surface area contributed by atoms with Crippen molar-refractivity contribution in [1.29, 1.82) is 0 Å². The smallest absolute Gasteiger partial charge is 0.345 e. The average Bonchev–Trinajstić information content (AvgIpc) is 2.86. The number of sulfonamides is 1. The molecule has 0 radical (unpaired) electrons. The largest absolute Gasteiger partial charge is 0.490 e. The van der Waals surface area contributed by atoms with Crippen LogP contribution in [0.5, 0.6) is 11.5 Å². The van der Waals surface area contributed by atoms with E-state index in [1.54, 1.807) is 24.3 Å². The zero-order valence-corrected chi connectivity index (χ0v) is 20.3. The van der Waals surface area contributed by atoms with Crippen molar-refractivity contribution < 1.29 is 22.7 Å². The Labute approximate surface area is 204 Å². The first-order valence-corrected chi connectivity index (χ1v) is 12.8. The van der Waals surface area contributed by atoms with Crippen LogP contribution in [0.2, 0.25) is 5.02 Å². The summed E-state index contributed by atoms with van der Waals surface area (Å²) in [6.45, 7) is 4.03. The van der Waals surface area contributed by atoms with E-state index in [4.69, 9.17) is 21.1 Å². The first-order chi connectivity index (χ1) is 16.4. The standard InChI is InChI=1S/C25H25ClN2O5S/c1-2-32-23-10-6-7-11-24(23)33-25(29)21-18-20(12-13-22(21)26)34(30,31)28-16-14-27(15-17-28)19-8-4-3-5-9-19/h3-13,18H,2,14-17H2,1H3. The highest BCUT2D eigenvalue weighted by Gasteiger charge is 2.30. The van der Waals surface area contributed by atoms with Gasteiger partial charge in [-0.1, -0.05) is 41.9 Å². The topological polar surface area (TPSA) is 76.1 Å². The summed E-state index contributed by atoms with van der Waals surface area (Å²) in [5.74, 6) is -0.117. The summed E-state index contributed by atoms with van der Waals surface area (Å²) >= 11 is 6.23. The van der Waals surface area contributed by atoms with Gasteiger partial charge in [0.15, 0.2) is 11.5 Å². The lowest BCUT2D eigenvalue weighted by atomic mass is 10.2. The van der Waals surface area contributed by atoms with E-state index >= 15 is 0 Å². The first-order valence-electron chi connectivity index (χ1n) is 10.9. The Hall–Kier alpha value is -3.07. The summed E-state index contributed by atoms with van der Waals surface area (Å²) in [6, 6.07) is 20.7. The molecular weight excluding hydrogens is 476 g/mol. The fourth-order valence-electron chi connectivity index (χ4n) is 3.76. The van der Waals surface area contributed by atoms with E-state index in [2.05, 4.69) is 4.90 Å². The van der Waals surface area contributed by atoms with Crippen LogP contribution >= 0.6 is 11.6 Å². The van der Waals surface area contributed by atoms with Gasteiger partial charge in [0.2, 0.25) is 10.0 Å². The molecule has 1 aliphatic rings. The Balaban J connectivity index is 1.52. The van der Waals surface area contributed by atoms with E-state index in [1.807, 2.05) is 37.3 Å². The number of benzene rings is 3. The molecule has 0 amide bonds. The zero-order valence-electron chi connectivity index (χ0n) is 18.7. The van der Waals surface area contributed by atoms with E-state index < -0.39 is 16.0 Å². The number of hydrogen-bond donors (Lipinski definition) is 0. The molecule has 0 bridgehead atoms. The van der Waals surface area contributed by atoms with Crippen LogP contribution in [0.25, 0.3) is 0 Å². The molecule has 0 spiro atoms. The van der Waals surface area contributed by atoms with Crippen LogP contribution in [0.15, 0.2) is 77.7 Å². The van der Waals surface area contributed by atoms with Gasteiger partial charge in [0.05, 0.1) is 22.1 Å². The second-order valence-corrected chi connectivity index (χ2v) is 9.98. The van der Waals surface area contributed by atoms with Crippen LogP contribution in [0.3, 0.4) is 0 Å². The highest BCUT2D eigenvalue weighted by Crippen LogP contribution is 2.30. The van der Waals surface area contributed by atoms with Crippen LogP contribution in [0.4, 0.5) is 5.69 Å². The van der Waals surface area contributed by atoms with Crippen molar-refractivity contribution in [3.8, 4) is 11.5 Å². The number of piperazine rings is 1. The van der Waals surface area contributed by atoms with Gasteiger partial charge in [-0.3, -0.25) is 0 Å². The van der Waals surface area contributed by atoms with E-state index in [9.17, 15) is 13.2 Å². The van der Waals surface area contributed by atoms with Gasteiger partial charge in [-0.2, -0.15) is 4.31 Å². The molecule has 0 unspecified atom stereocenters. The van der Waals surface area contributed by atoms with Gasteiger partial charge in [0.25, 0.3) is 0 Å². The molecule has 7 nitrogen and oxygen atoms in total. The van der Waals surface area contributed by atoms with Gasteiger partial charge < -0.3 is 14.4 Å². The van der Waals surface area contributed by atoms with Crippen molar-refractivity contribution in [2.45, 2.75) is 11.8 Å². The average molecular weight is 501 g/mol. The molecular formula is C25H25ClN2O5S. The summed E-state index contributed by atoms with van der Waals surface area (Å²) in [4.78, 5) is 15.0. The Bertz CT molecular complexity index is 1260. The number of carbonyl (C=O) groups is 1. The molecule has 1 aliphatic heterocycles. The van der Waals surface area contributed by atoms with Crippen molar-refractivity contribution in [2.24, 2.45) is 0 Å². The number of hydrogen-bond acceptors (Lipinski definition) is 6. The number of rotatable bonds is 7. The van der Waals surface area contributed by atoms with Gasteiger partial charge in [0, 0.05) is 31.9 Å². The van der Waals surface area contributed by atoms with Gasteiger partial charge in [0.1, 0.15) is 0 Å². The predicted molar refractivity (Wildman–Crippen MR) is 131 cm³/mol. The molecule has 9 heteroatoms. The lowest BCUT2D eigenvalue weighted by Crippen LogP contribution is -2.48. The minimum atomic E-state index is -3.81. The maximum absolute atomic E-state index is 13.3. The highest BCUT2D eigenvalue weighted by atomic mass is 35.5. The molecule has 4 rings (SSSR count). The van der Waals surface area contributed by atoms with Crippen LogP contribution in [0, 0.1) is 0 Å². The SMILES string of the molecule is CCOc1ccccc1OC(=O)c1cc(S(=O)(=O)N2CCN(c3ccccc3)CC2)ccc1Cl. The monoisotopic (exact) mass is 500 g/mol. The Kier molecular flexibility index (Phi) is 7.41. The summed E-state index contributed by atoms with van der Waals surface area (Å²) in [5.41, 5.74) is 1.03. The normalized spacial score (nSPS) is 14.6. The minimum Gasteiger partial charge on any atom is -0.490 e. The number of anilines is 1. The molecule has 0 N–H and O–H groups in total. The molecule has 34 heavy (non-hydrogen) atoms. The van der Waals surface area contributed by atoms with Crippen molar-refractivity contribution in [2.75, 3.05) is 37.7 Å². The molecule has 0 saturated carbocycles. The van der Waals surface area contributed by atoms with Crippen LogP contribution in [-0.2, 0) is 10.0 Å². The molecule has 0 aliphatic carbocycles. The van der Waals surface area contributed by atoms with Gasteiger partial charge in [-0.05, 0) is 49.4 Å². The fourth-order valence-corrected chi connectivity index (χ4v) is 5.40. The van der Waals surface area contributed by atoms with E-state index in [-0.39, 0.29) is 21.2 Å². The first kappa shape index (κ1) is 24.1. The number of para-hydroxylation sites is 3. The van der Waals surface area contributed by atoms with Crippen molar-refractivity contribution in [3.63, 3.8) is 0 Å². The van der Waals surface area contributed by atoms with Crippen LogP contribution in [0.1, 0.15) is 17.3 Å². The third-order valence-electron chi connectivity index (χ3n) is 5.51. The highest BCUT2D eigenvalue weighted by molar-refractivity contribution is 7.89. The van der Waals surface area contributed by atoms with E-state index in [1.165, 1.54) is 22.5 Å². The second kappa shape index (κ2) is 10.5. The number of nitrogens with zero attached hydrogens (tertiary/aromatic N) is 2. The van der Waals surface area contributed by atoms with Crippen molar-refractivity contribution in [1.82, 2.24) is 4.31 Å². The zero-order chi connectivity index (χ0) is 24.1. The van der Waals surface area contributed by atoms with Gasteiger partial charge >= 0.3 is 5.97 Å². The van der Waals surface area contributed by atoms with Gasteiger partial charge in [-0.25, -0.2) is 13.2 Å². The second-order valence-electron chi connectivity index (χ2n) is 7.64. The number of ether oxygens (including phenoxy) is 2. The van der Waals surface area contributed by atoms with Crippen LogP contribution in [-0.4, -0.2) is 51.5 Å². The lowest BCUT2D eigenvalue weighted by Gasteiger charge is -2.35. The number of carbonyl (C=O) groups excluding carboxylic acids is 1. The van der Waals surface area contributed by atoms with E-state index in [0.29, 0.717) is 38.5 Å². The van der Waals surface area contributed by atoms with Crippen molar-refractivity contribution >= 4 is 33.3 Å². The predicted octanol–water partition coefficient (Wildman–Crippen LogP) is 4.47. The molecule has 1 fully saturated rings. The number of esters is 1. The van der Waals surface area contributed by atoms with Crippen molar-refractivity contribution in [3.05, 3.63) is 83.4 Å². The summed E-state index contributed by atoms with van der Waals surface area (Å²) in [7, 11) is -3.81. The number of halogens is 1. The maximum atomic E-state index is 13.3. The quantitative estimate of drug-likeness (QED) is 0.352. The lowest BCUT2D eigenvalue weighted by molar-refractivity contribution is 0.0728.